The van der Waals surface area contributed by atoms with Gasteiger partial charge in [0.25, 0.3) is 0 Å². The molecule has 1 fully saturated rings. The third-order valence-corrected chi connectivity index (χ3v) is 4.68. The van der Waals surface area contributed by atoms with Crippen LogP contribution in [-0.4, -0.2) is 65.5 Å². The van der Waals surface area contributed by atoms with E-state index < -0.39 is 11.8 Å². The largest absolute Gasteiger partial charge is 0.480 e. The van der Waals surface area contributed by atoms with E-state index in [9.17, 15) is 14.0 Å². The van der Waals surface area contributed by atoms with Crippen molar-refractivity contribution in [1.29, 1.82) is 0 Å². The van der Waals surface area contributed by atoms with Crippen LogP contribution in [0.1, 0.15) is 19.8 Å². The van der Waals surface area contributed by atoms with E-state index in [-0.39, 0.29) is 30.1 Å². The van der Waals surface area contributed by atoms with E-state index >= 15 is 0 Å². The van der Waals surface area contributed by atoms with Gasteiger partial charge in [-0.25, -0.2) is 4.39 Å². The van der Waals surface area contributed by atoms with Crippen LogP contribution in [0.4, 0.5) is 10.1 Å². The summed E-state index contributed by atoms with van der Waals surface area (Å²) in [7, 11) is 0. The first-order chi connectivity index (χ1) is 11.9. The molecule has 1 heterocycles. The molecular formula is C17H23ClFN3O3. The molecule has 2 N–H and O–H groups in total. The van der Waals surface area contributed by atoms with Crippen molar-refractivity contribution < 1.29 is 19.1 Å². The lowest BCUT2D eigenvalue weighted by molar-refractivity contribution is -0.139. The smallest absolute Gasteiger partial charge is 0.317 e. The summed E-state index contributed by atoms with van der Waals surface area (Å²) in [5, 5.41) is 11.6. The van der Waals surface area contributed by atoms with Gasteiger partial charge in [0.05, 0.1) is 18.1 Å². The van der Waals surface area contributed by atoms with Crippen molar-refractivity contribution in [2.45, 2.75) is 25.8 Å². The Morgan fingerprint density at radius 2 is 2.08 bits per heavy atom. The van der Waals surface area contributed by atoms with Crippen LogP contribution >= 0.6 is 11.6 Å². The van der Waals surface area contributed by atoms with Crippen LogP contribution in [0.2, 0.25) is 5.02 Å². The first-order valence-corrected chi connectivity index (χ1v) is 8.70. The van der Waals surface area contributed by atoms with Crippen LogP contribution in [0.25, 0.3) is 0 Å². The van der Waals surface area contributed by atoms with Crippen molar-refractivity contribution in [3.63, 3.8) is 0 Å². The number of hydrogen-bond donors (Lipinski definition) is 2. The lowest BCUT2D eigenvalue weighted by Crippen LogP contribution is -2.48. The molecule has 0 unspecified atom stereocenters. The number of nitrogens with zero attached hydrogens (tertiary/aromatic N) is 2. The minimum absolute atomic E-state index is 0.0308. The van der Waals surface area contributed by atoms with Crippen molar-refractivity contribution in [2.24, 2.45) is 0 Å². The van der Waals surface area contributed by atoms with Crippen LogP contribution < -0.4 is 5.32 Å². The van der Waals surface area contributed by atoms with Crippen molar-refractivity contribution in [2.75, 3.05) is 38.0 Å². The predicted octanol–water partition coefficient (Wildman–Crippen LogP) is 2.29. The van der Waals surface area contributed by atoms with E-state index in [0.717, 1.165) is 25.9 Å². The fourth-order valence-electron chi connectivity index (χ4n) is 3.09. The molecule has 0 atom stereocenters. The number of carboxylic acids is 1. The third kappa shape index (κ3) is 5.95. The topological polar surface area (TPSA) is 72.9 Å². The number of carbonyl (C=O) groups excluding carboxylic acids is 1. The van der Waals surface area contributed by atoms with Crippen molar-refractivity contribution >= 4 is 29.2 Å². The maximum absolute atomic E-state index is 13.1. The molecule has 6 nitrogen and oxygen atoms in total. The Morgan fingerprint density at radius 1 is 1.40 bits per heavy atom. The number of carboxylic acid groups (broad SMARTS) is 1. The maximum atomic E-state index is 13.1. The Balaban J connectivity index is 1.79. The van der Waals surface area contributed by atoms with Gasteiger partial charge >= 0.3 is 5.97 Å². The lowest BCUT2D eigenvalue weighted by atomic mass is 10.0. The zero-order chi connectivity index (χ0) is 18.4. The highest BCUT2D eigenvalue weighted by atomic mass is 35.5. The van der Waals surface area contributed by atoms with E-state index in [1.54, 1.807) is 0 Å². The highest BCUT2D eigenvalue weighted by Crippen LogP contribution is 2.20. The van der Waals surface area contributed by atoms with E-state index in [1.807, 2.05) is 16.7 Å². The molecule has 25 heavy (non-hydrogen) atoms. The fraction of sp³-hybridized carbons (Fsp3) is 0.529. The summed E-state index contributed by atoms with van der Waals surface area (Å²) in [6, 6.07) is 4.30. The Hall–Kier alpha value is -1.70. The van der Waals surface area contributed by atoms with Crippen LogP contribution in [0.3, 0.4) is 0 Å². The quantitative estimate of drug-likeness (QED) is 0.769. The molecule has 1 aromatic rings. The number of anilines is 1. The molecule has 0 aliphatic carbocycles. The molecule has 0 bridgehead atoms. The molecule has 2 rings (SSSR count). The second-order valence-corrected chi connectivity index (χ2v) is 6.55. The van der Waals surface area contributed by atoms with Gasteiger partial charge in [-0.1, -0.05) is 18.5 Å². The summed E-state index contributed by atoms with van der Waals surface area (Å²) < 4.78 is 13.1. The summed E-state index contributed by atoms with van der Waals surface area (Å²) in [4.78, 5) is 27.0. The molecule has 0 spiro atoms. The lowest BCUT2D eigenvalue weighted by Gasteiger charge is -2.37. The second-order valence-electron chi connectivity index (χ2n) is 6.14. The first kappa shape index (κ1) is 19.6. The average Bonchev–Trinajstić information content (AvgIpc) is 2.56. The zero-order valence-corrected chi connectivity index (χ0v) is 14.9. The van der Waals surface area contributed by atoms with Crippen LogP contribution in [0.5, 0.6) is 0 Å². The Bertz CT molecular complexity index is 621. The number of carbonyl (C=O) groups is 2. The fourth-order valence-corrected chi connectivity index (χ4v) is 3.27. The molecule has 1 aliphatic heterocycles. The molecule has 8 heteroatoms. The number of benzene rings is 1. The van der Waals surface area contributed by atoms with E-state index in [1.165, 1.54) is 18.2 Å². The molecule has 0 radical (unpaired) electrons. The van der Waals surface area contributed by atoms with Gasteiger partial charge in [-0.15, -0.1) is 0 Å². The van der Waals surface area contributed by atoms with Crippen molar-refractivity contribution in [1.82, 2.24) is 9.80 Å². The summed E-state index contributed by atoms with van der Waals surface area (Å²) in [5.74, 6) is -1.52. The summed E-state index contributed by atoms with van der Waals surface area (Å²) in [6.07, 6.45) is 1.66. The number of rotatable bonds is 7. The first-order valence-electron chi connectivity index (χ1n) is 8.32. The number of likely N-dealkylation sites (N-methyl/N-ethyl adjacent to an activating group) is 1. The van der Waals surface area contributed by atoms with Gasteiger partial charge in [0, 0.05) is 24.8 Å². The van der Waals surface area contributed by atoms with Gasteiger partial charge in [-0.05, 0) is 37.6 Å². The minimum Gasteiger partial charge on any atom is -0.480 e. The SMILES string of the molecule is CCN(CC(=O)O)C1CCN(CC(=O)Nc2ccc(F)c(Cl)c2)CC1. The molecule has 138 valence electrons. The molecule has 0 aromatic heterocycles. The number of aliphatic carboxylic acids is 1. The molecule has 0 saturated carbocycles. The number of nitrogens with one attached hydrogen (secondary N) is 1. The molecule has 1 amide bonds. The van der Waals surface area contributed by atoms with Gasteiger partial charge in [0.15, 0.2) is 0 Å². The summed E-state index contributed by atoms with van der Waals surface area (Å²) >= 11 is 5.70. The van der Waals surface area contributed by atoms with Crippen LogP contribution in [-0.2, 0) is 9.59 Å². The summed E-state index contributed by atoms with van der Waals surface area (Å²) in [6.45, 7) is 4.41. The number of hydrogen-bond acceptors (Lipinski definition) is 4. The Morgan fingerprint density at radius 3 is 2.64 bits per heavy atom. The maximum Gasteiger partial charge on any atom is 0.317 e. The van der Waals surface area contributed by atoms with E-state index in [2.05, 4.69) is 5.32 Å². The number of halogens is 2. The third-order valence-electron chi connectivity index (χ3n) is 4.39. The monoisotopic (exact) mass is 371 g/mol. The normalized spacial score (nSPS) is 16.2. The highest BCUT2D eigenvalue weighted by molar-refractivity contribution is 6.31. The molecule has 1 aromatic carbocycles. The standard InChI is InChI=1S/C17H23ClFN3O3/c1-2-22(11-17(24)25)13-5-7-21(8-6-13)10-16(23)20-12-3-4-15(19)14(18)9-12/h3-4,9,13H,2,5-8,10-11H2,1H3,(H,20,23)(H,24,25). The van der Waals surface area contributed by atoms with Gasteiger partial charge in [-0.3, -0.25) is 19.4 Å². The highest BCUT2D eigenvalue weighted by Gasteiger charge is 2.25. The van der Waals surface area contributed by atoms with E-state index in [0.29, 0.717) is 12.2 Å². The predicted molar refractivity (Wildman–Crippen MR) is 94.4 cm³/mol. The zero-order valence-electron chi connectivity index (χ0n) is 14.2. The van der Waals surface area contributed by atoms with Gasteiger partial charge in [-0.2, -0.15) is 0 Å². The molecular weight excluding hydrogens is 349 g/mol. The minimum atomic E-state index is -0.818. The number of amides is 1. The van der Waals surface area contributed by atoms with Gasteiger partial charge in [0.1, 0.15) is 5.82 Å². The van der Waals surface area contributed by atoms with Gasteiger partial charge < -0.3 is 10.4 Å². The molecule has 1 saturated heterocycles. The van der Waals surface area contributed by atoms with Crippen molar-refractivity contribution in [3.05, 3.63) is 29.0 Å². The van der Waals surface area contributed by atoms with Crippen molar-refractivity contribution in [3.8, 4) is 0 Å². The average molecular weight is 372 g/mol. The second kappa shape index (κ2) is 9.12. The summed E-state index contributed by atoms with van der Waals surface area (Å²) in [5.41, 5.74) is 0.463. The Labute approximate surface area is 151 Å². The Kier molecular flexibility index (Phi) is 7.16. The number of piperidine rings is 1. The number of likely N-dealkylation sites (tertiary alicyclic amines) is 1. The van der Waals surface area contributed by atoms with Crippen LogP contribution in [0.15, 0.2) is 18.2 Å². The molecule has 1 aliphatic rings. The van der Waals surface area contributed by atoms with Crippen LogP contribution in [0, 0.1) is 5.82 Å². The van der Waals surface area contributed by atoms with E-state index in [4.69, 9.17) is 16.7 Å². The van der Waals surface area contributed by atoms with Gasteiger partial charge in [0.2, 0.25) is 5.91 Å².